The van der Waals surface area contributed by atoms with Crippen molar-refractivity contribution in [3.05, 3.63) is 0 Å². The quantitative estimate of drug-likeness (QED) is 0.592. The zero-order valence-electron chi connectivity index (χ0n) is 5.83. The molecule has 1 aliphatic heterocycles. The molecule has 1 heterocycles. The van der Waals surface area contributed by atoms with Crippen molar-refractivity contribution >= 4 is 19.9 Å². The first-order valence-corrected chi connectivity index (χ1v) is 5.60. The van der Waals surface area contributed by atoms with Gasteiger partial charge in [0.2, 0.25) is 0 Å². The summed E-state index contributed by atoms with van der Waals surface area (Å²) in [5.41, 5.74) is 0. The molecule has 1 saturated heterocycles. The van der Waals surface area contributed by atoms with Crippen LogP contribution >= 0.6 is 10.7 Å². The zero-order valence-corrected chi connectivity index (χ0v) is 7.41. The monoisotopic (exact) mass is 201 g/mol. The Morgan fingerprint density at radius 3 is 2.18 bits per heavy atom. The van der Waals surface area contributed by atoms with Gasteiger partial charge in [-0.2, -0.15) is 12.7 Å². The summed E-state index contributed by atoms with van der Waals surface area (Å²) in [5.74, 6) is 0. The average Bonchev–Trinajstić information content (AvgIpc) is 1.86. The van der Waals surface area contributed by atoms with Gasteiger partial charge in [0, 0.05) is 23.8 Å². The van der Waals surface area contributed by atoms with Crippen molar-refractivity contribution < 1.29 is 12.8 Å². The summed E-state index contributed by atoms with van der Waals surface area (Å²) in [7, 11) is 1.42. The summed E-state index contributed by atoms with van der Waals surface area (Å²) >= 11 is 0. The zero-order chi connectivity index (χ0) is 8.48. The van der Waals surface area contributed by atoms with Gasteiger partial charge in [-0.05, 0) is 12.8 Å². The van der Waals surface area contributed by atoms with Crippen LogP contribution in [0.4, 0.5) is 4.39 Å². The summed E-state index contributed by atoms with van der Waals surface area (Å²) in [5, 5.41) is 0. The lowest BCUT2D eigenvalue weighted by Crippen LogP contribution is -2.36. The predicted molar refractivity (Wildman–Crippen MR) is 40.5 cm³/mol. The summed E-state index contributed by atoms with van der Waals surface area (Å²) in [6, 6.07) is 0. The maximum Gasteiger partial charge on any atom is 0.299 e. The third-order valence-corrected chi connectivity index (χ3v) is 3.26. The molecule has 0 aromatic heterocycles. The average molecular weight is 202 g/mol. The van der Waals surface area contributed by atoms with Gasteiger partial charge in [0.05, 0.1) is 0 Å². The Hall–Kier alpha value is 0.130. The molecule has 6 heteroatoms. The topological polar surface area (TPSA) is 37.4 Å². The van der Waals surface area contributed by atoms with Crippen molar-refractivity contribution in [3.8, 4) is 0 Å². The lowest BCUT2D eigenvalue weighted by molar-refractivity contribution is 0.212. The van der Waals surface area contributed by atoms with Crippen LogP contribution < -0.4 is 0 Å². The fourth-order valence-electron chi connectivity index (χ4n) is 1.04. The van der Waals surface area contributed by atoms with Crippen LogP contribution in [-0.2, 0) is 9.24 Å². The molecule has 1 aliphatic rings. The van der Waals surface area contributed by atoms with Gasteiger partial charge in [-0.25, -0.2) is 4.39 Å². The van der Waals surface area contributed by atoms with Gasteiger partial charge >= 0.3 is 0 Å². The van der Waals surface area contributed by atoms with Crippen LogP contribution in [0.15, 0.2) is 0 Å². The molecule has 0 N–H and O–H groups in total. The first-order chi connectivity index (χ1) is 5.00. The highest BCUT2D eigenvalue weighted by Crippen LogP contribution is 2.17. The fraction of sp³-hybridized carbons (Fsp3) is 1.00. The Labute approximate surface area is 69.7 Å². The van der Waals surface area contributed by atoms with Gasteiger partial charge in [-0.15, -0.1) is 0 Å². The van der Waals surface area contributed by atoms with Crippen LogP contribution in [0.5, 0.6) is 0 Å². The molecule has 0 bridgehead atoms. The second-order valence-corrected chi connectivity index (χ2v) is 5.03. The number of alkyl halides is 1. The van der Waals surface area contributed by atoms with Gasteiger partial charge in [0.25, 0.3) is 9.24 Å². The molecule has 0 atom stereocenters. The Morgan fingerprint density at radius 2 is 1.82 bits per heavy atom. The first-order valence-electron chi connectivity index (χ1n) is 3.34. The molecule has 0 aliphatic carbocycles. The SMILES string of the molecule is O=S(=O)(Cl)N1CCC(F)CC1. The summed E-state index contributed by atoms with van der Waals surface area (Å²) in [4.78, 5) is 0. The molecule has 0 amide bonds. The van der Waals surface area contributed by atoms with E-state index in [9.17, 15) is 12.8 Å². The summed E-state index contributed by atoms with van der Waals surface area (Å²) < 4.78 is 34.9. The second kappa shape index (κ2) is 3.25. The second-order valence-electron chi connectivity index (χ2n) is 2.52. The third-order valence-electron chi connectivity index (χ3n) is 1.69. The van der Waals surface area contributed by atoms with Crippen LogP contribution in [0.3, 0.4) is 0 Å². The number of hydrogen-bond donors (Lipinski definition) is 0. The minimum absolute atomic E-state index is 0.201. The Bertz CT molecular complexity index is 223. The van der Waals surface area contributed by atoms with Gasteiger partial charge in [0.15, 0.2) is 0 Å². The van der Waals surface area contributed by atoms with Crippen molar-refractivity contribution in [2.24, 2.45) is 0 Å². The Balaban J connectivity index is 2.53. The number of halogens is 2. The van der Waals surface area contributed by atoms with Crippen molar-refractivity contribution in [3.63, 3.8) is 0 Å². The maximum absolute atomic E-state index is 12.5. The van der Waals surface area contributed by atoms with Gasteiger partial charge in [-0.3, -0.25) is 0 Å². The van der Waals surface area contributed by atoms with E-state index in [4.69, 9.17) is 10.7 Å². The van der Waals surface area contributed by atoms with Crippen LogP contribution in [0.2, 0.25) is 0 Å². The molecule has 0 aromatic rings. The molecule has 0 radical (unpaired) electrons. The first kappa shape index (κ1) is 9.22. The molecule has 0 aromatic carbocycles. The molecule has 66 valence electrons. The number of nitrogens with zero attached hydrogens (tertiary/aromatic N) is 1. The van der Waals surface area contributed by atoms with Crippen LogP contribution in [0.25, 0.3) is 0 Å². The van der Waals surface area contributed by atoms with Crippen LogP contribution in [0, 0.1) is 0 Å². The van der Waals surface area contributed by atoms with Crippen molar-refractivity contribution in [2.75, 3.05) is 13.1 Å². The van der Waals surface area contributed by atoms with Crippen LogP contribution in [0.1, 0.15) is 12.8 Å². The molecule has 3 nitrogen and oxygen atoms in total. The summed E-state index contributed by atoms with van der Waals surface area (Å²) in [6.45, 7) is 0.403. The minimum Gasteiger partial charge on any atom is -0.247 e. The molecule has 1 fully saturated rings. The Kier molecular flexibility index (Phi) is 2.72. The standard InChI is InChI=1S/C5H9ClFNO2S/c6-11(9,10)8-3-1-5(7)2-4-8/h5H,1-4H2. The lowest BCUT2D eigenvalue weighted by atomic mass is 10.1. The third kappa shape index (κ3) is 2.57. The van der Waals surface area contributed by atoms with Crippen molar-refractivity contribution in [1.82, 2.24) is 4.31 Å². The van der Waals surface area contributed by atoms with E-state index in [1.165, 1.54) is 0 Å². The molecule has 1 rings (SSSR count). The van der Waals surface area contributed by atoms with Gasteiger partial charge < -0.3 is 0 Å². The van der Waals surface area contributed by atoms with E-state index in [-0.39, 0.29) is 25.9 Å². The van der Waals surface area contributed by atoms with E-state index in [1.54, 1.807) is 0 Å². The van der Waals surface area contributed by atoms with Crippen molar-refractivity contribution in [1.29, 1.82) is 0 Å². The molecular formula is C5H9ClFNO2S. The van der Waals surface area contributed by atoms with E-state index >= 15 is 0 Å². The van der Waals surface area contributed by atoms with Crippen molar-refractivity contribution in [2.45, 2.75) is 19.0 Å². The summed E-state index contributed by atoms with van der Waals surface area (Å²) in [6.07, 6.45) is -0.359. The van der Waals surface area contributed by atoms with E-state index in [1.807, 2.05) is 0 Å². The highest BCUT2D eigenvalue weighted by Gasteiger charge is 2.25. The molecule has 0 spiro atoms. The normalized spacial score (nSPS) is 23.8. The lowest BCUT2D eigenvalue weighted by Gasteiger charge is -2.24. The largest absolute Gasteiger partial charge is 0.299 e. The maximum atomic E-state index is 12.5. The highest BCUT2D eigenvalue weighted by molar-refractivity contribution is 8.11. The number of rotatable bonds is 1. The van der Waals surface area contributed by atoms with E-state index < -0.39 is 15.4 Å². The van der Waals surface area contributed by atoms with E-state index in [0.717, 1.165) is 4.31 Å². The molecular weight excluding hydrogens is 193 g/mol. The minimum atomic E-state index is -3.61. The fourth-order valence-corrected chi connectivity index (χ4v) is 2.10. The molecule has 0 saturated carbocycles. The number of hydrogen-bond acceptors (Lipinski definition) is 2. The smallest absolute Gasteiger partial charge is 0.247 e. The highest BCUT2D eigenvalue weighted by atomic mass is 35.7. The Morgan fingerprint density at radius 1 is 1.36 bits per heavy atom. The molecule has 0 unspecified atom stereocenters. The van der Waals surface area contributed by atoms with E-state index in [0.29, 0.717) is 0 Å². The predicted octanol–water partition coefficient (Wildman–Crippen LogP) is 0.904. The van der Waals surface area contributed by atoms with Gasteiger partial charge in [0.1, 0.15) is 6.17 Å². The van der Waals surface area contributed by atoms with Crippen LogP contribution in [-0.4, -0.2) is 32.0 Å². The van der Waals surface area contributed by atoms with Gasteiger partial charge in [-0.1, -0.05) is 0 Å². The molecule has 11 heavy (non-hydrogen) atoms. The van der Waals surface area contributed by atoms with E-state index in [2.05, 4.69) is 0 Å². The number of piperidine rings is 1.